The Labute approximate surface area is 130 Å². The van der Waals surface area contributed by atoms with E-state index in [2.05, 4.69) is 5.32 Å². The Balaban J connectivity index is 1.61. The zero-order valence-electron chi connectivity index (χ0n) is 13.0. The Morgan fingerprint density at radius 1 is 1.55 bits per heavy atom. The molecule has 2 amide bonds. The van der Waals surface area contributed by atoms with Gasteiger partial charge >= 0.3 is 0 Å². The standard InChI is InChI=1S/C16H24N2O4/c1-2-14(18-9-3-7-15(18)19)16(20)17-8-5-10-21-12-13-6-4-11-22-13/h4,6,11,14H,2-3,5,7-10,12H2,1H3,(H,17,20). The lowest BCUT2D eigenvalue weighted by Crippen LogP contribution is -2.47. The number of amides is 2. The minimum atomic E-state index is -0.334. The SMILES string of the molecule is CCC(C(=O)NCCCOCc1ccco1)N1CCCC1=O. The first-order valence-corrected chi connectivity index (χ1v) is 7.89. The van der Waals surface area contributed by atoms with E-state index in [1.165, 1.54) is 0 Å². The maximum absolute atomic E-state index is 12.2. The fourth-order valence-electron chi connectivity index (χ4n) is 2.62. The smallest absolute Gasteiger partial charge is 0.242 e. The lowest BCUT2D eigenvalue weighted by molar-refractivity contribution is -0.137. The highest BCUT2D eigenvalue weighted by Crippen LogP contribution is 2.15. The maximum Gasteiger partial charge on any atom is 0.242 e. The number of nitrogens with one attached hydrogen (secondary N) is 1. The number of carbonyl (C=O) groups excluding carboxylic acids is 2. The molecule has 1 aliphatic rings. The molecular weight excluding hydrogens is 284 g/mol. The maximum atomic E-state index is 12.2. The van der Waals surface area contributed by atoms with E-state index >= 15 is 0 Å². The van der Waals surface area contributed by atoms with Crippen molar-refractivity contribution in [2.75, 3.05) is 19.7 Å². The van der Waals surface area contributed by atoms with Gasteiger partial charge in [-0.1, -0.05) is 6.92 Å². The highest BCUT2D eigenvalue weighted by Gasteiger charge is 2.31. The van der Waals surface area contributed by atoms with Crippen LogP contribution in [-0.2, 0) is 20.9 Å². The van der Waals surface area contributed by atoms with Crippen LogP contribution in [0.5, 0.6) is 0 Å². The lowest BCUT2D eigenvalue weighted by Gasteiger charge is -2.25. The van der Waals surface area contributed by atoms with Crippen LogP contribution >= 0.6 is 0 Å². The average molecular weight is 308 g/mol. The van der Waals surface area contributed by atoms with Crippen LogP contribution in [-0.4, -0.2) is 42.5 Å². The van der Waals surface area contributed by atoms with E-state index in [-0.39, 0.29) is 17.9 Å². The second-order valence-corrected chi connectivity index (χ2v) is 5.39. The number of furan rings is 1. The highest BCUT2D eigenvalue weighted by molar-refractivity contribution is 5.88. The van der Waals surface area contributed by atoms with Crippen LogP contribution in [0.1, 0.15) is 38.4 Å². The molecule has 0 bridgehead atoms. The van der Waals surface area contributed by atoms with E-state index in [9.17, 15) is 9.59 Å². The van der Waals surface area contributed by atoms with Crippen molar-refractivity contribution in [3.8, 4) is 0 Å². The normalized spacial score (nSPS) is 16.0. The molecule has 122 valence electrons. The predicted molar refractivity (Wildman–Crippen MR) is 81.0 cm³/mol. The molecule has 0 aliphatic carbocycles. The Hall–Kier alpha value is -1.82. The van der Waals surface area contributed by atoms with Crippen LogP contribution in [0.4, 0.5) is 0 Å². The van der Waals surface area contributed by atoms with Crippen molar-refractivity contribution in [3.63, 3.8) is 0 Å². The van der Waals surface area contributed by atoms with E-state index in [4.69, 9.17) is 9.15 Å². The van der Waals surface area contributed by atoms with Crippen LogP contribution in [0.15, 0.2) is 22.8 Å². The molecule has 6 nitrogen and oxygen atoms in total. The Bertz CT molecular complexity index is 473. The summed E-state index contributed by atoms with van der Waals surface area (Å²) in [6.07, 6.45) is 4.40. The van der Waals surface area contributed by atoms with Gasteiger partial charge < -0.3 is 19.4 Å². The van der Waals surface area contributed by atoms with Gasteiger partial charge in [-0.2, -0.15) is 0 Å². The van der Waals surface area contributed by atoms with Crippen LogP contribution in [0.2, 0.25) is 0 Å². The number of nitrogens with zero attached hydrogens (tertiary/aromatic N) is 1. The highest BCUT2D eigenvalue weighted by atomic mass is 16.5. The largest absolute Gasteiger partial charge is 0.467 e. The lowest BCUT2D eigenvalue weighted by atomic mass is 10.2. The molecule has 22 heavy (non-hydrogen) atoms. The first-order valence-electron chi connectivity index (χ1n) is 7.89. The molecule has 1 N–H and O–H groups in total. The molecular formula is C16H24N2O4. The molecule has 2 rings (SSSR count). The van der Waals surface area contributed by atoms with Gasteiger partial charge in [0.1, 0.15) is 18.4 Å². The molecule has 2 heterocycles. The number of rotatable bonds is 9. The molecule has 0 aromatic carbocycles. The third-order valence-corrected chi connectivity index (χ3v) is 3.76. The summed E-state index contributed by atoms with van der Waals surface area (Å²) in [5.41, 5.74) is 0. The Morgan fingerprint density at radius 2 is 2.41 bits per heavy atom. The van der Waals surface area contributed by atoms with E-state index < -0.39 is 0 Å². The van der Waals surface area contributed by atoms with Crippen molar-refractivity contribution >= 4 is 11.8 Å². The van der Waals surface area contributed by atoms with Gasteiger partial charge in [0.15, 0.2) is 0 Å². The van der Waals surface area contributed by atoms with E-state index in [1.54, 1.807) is 11.2 Å². The summed E-state index contributed by atoms with van der Waals surface area (Å²) in [6, 6.07) is 3.35. The summed E-state index contributed by atoms with van der Waals surface area (Å²) >= 11 is 0. The zero-order chi connectivity index (χ0) is 15.8. The molecule has 1 aliphatic heterocycles. The molecule has 1 atom stereocenters. The van der Waals surface area contributed by atoms with E-state index in [0.29, 0.717) is 39.1 Å². The minimum Gasteiger partial charge on any atom is -0.467 e. The van der Waals surface area contributed by atoms with Crippen molar-refractivity contribution in [1.29, 1.82) is 0 Å². The third kappa shape index (κ3) is 4.59. The number of ether oxygens (including phenoxy) is 1. The van der Waals surface area contributed by atoms with E-state index in [1.807, 2.05) is 19.1 Å². The van der Waals surface area contributed by atoms with Gasteiger partial charge in [-0.05, 0) is 31.4 Å². The number of hydrogen-bond donors (Lipinski definition) is 1. The number of hydrogen-bond acceptors (Lipinski definition) is 4. The summed E-state index contributed by atoms with van der Waals surface area (Å²) in [5, 5.41) is 2.89. The minimum absolute atomic E-state index is 0.0659. The van der Waals surface area contributed by atoms with Crippen molar-refractivity contribution in [3.05, 3.63) is 24.2 Å². The van der Waals surface area contributed by atoms with Crippen LogP contribution < -0.4 is 5.32 Å². The van der Waals surface area contributed by atoms with Crippen LogP contribution in [0.25, 0.3) is 0 Å². The van der Waals surface area contributed by atoms with Gasteiger partial charge in [-0.25, -0.2) is 0 Å². The zero-order valence-corrected chi connectivity index (χ0v) is 13.0. The topological polar surface area (TPSA) is 71.8 Å². The first-order chi connectivity index (χ1) is 10.7. The summed E-state index contributed by atoms with van der Waals surface area (Å²) in [6.45, 7) is 4.18. The summed E-state index contributed by atoms with van der Waals surface area (Å²) in [4.78, 5) is 25.6. The quantitative estimate of drug-likeness (QED) is 0.705. The molecule has 6 heteroatoms. The number of carbonyl (C=O) groups is 2. The summed E-state index contributed by atoms with van der Waals surface area (Å²) in [5.74, 6) is 0.815. The van der Waals surface area contributed by atoms with Gasteiger partial charge in [-0.15, -0.1) is 0 Å². The molecule has 1 saturated heterocycles. The fourth-order valence-corrected chi connectivity index (χ4v) is 2.62. The van der Waals surface area contributed by atoms with Gasteiger partial charge in [0.2, 0.25) is 11.8 Å². The molecule has 1 aromatic heterocycles. The van der Waals surface area contributed by atoms with Crippen LogP contribution in [0, 0.1) is 0 Å². The van der Waals surface area contributed by atoms with Crippen molar-refractivity contribution < 1.29 is 18.7 Å². The average Bonchev–Trinajstić information content (AvgIpc) is 3.16. The molecule has 0 spiro atoms. The van der Waals surface area contributed by atoms with Crippen LogP contribution in [0.3, 0.4) is 0 Å². The molecule has 1 aromatic rings. The second kappa shape index (κ2) is 8.58. The van der Waals surface area contributed by atoms with Crippen molar-refractivity contribution in [2.45, 2.75) is 45.3 Å². The van der Waals surface area contributed by atoms with Gasteiger partial charge in [0, 0.05) is 26.1 Å². The first kappa shape index (κ1) is 16.5. The van der Waals surface area contributed by atoms with Gasteiger partial charge in [-0.3, -0.25) is 9.59 Å². The van der Waals surface area contributed by atoms with Crippen molar-refractivity contribution in [1.82, 2.24) is 10.2 Å². The molecule has 0 saturated carbocycles. The second-order valence-electron chi connectivity index (χ2n) is 5.39. The Kier molecular flexibility index (Phi) is 6.45. The third-order valence-electron chi connectivity index (χ3n) is 3.76. The van der Waals surface area contributed by atoms with Gasteiger partial charge in [0.25, 0.3) is 0 Å². The Morgan fingerprint density at radius 3 is 3.05 bits per heavy atom. The molecule has 1 unspecified atom stereocenters. The van der Waals surface area contributed by atoms with Gasteiger partial charge in [0.05, 0.1) is 6.26 Å². The summed E-state index contributed by atoms with van der Waals surface area (Å²) < 4.78 is 10.6. The summed E-state index contributed by atoms with van der Waals surface area (Å²) in [7, 11) is 0. The number of likely N-dealkylation sites (tertiary alicyclic amines) is 1. The monoisotopic (exact) mass is 308 g/mol. The molecule has 0 radical (unpaired) electrons. The van der Waals surface area contributed by atoms with E-state index in [0.717, 1.165) is 18.6 Å². The molecule has 1 fully saturated rings. The van der Waals surface area contributed by atoms with Crippen molar-refractivity contribution in [2.24, 2.45) is 0 Å². The predicted octanol–water partition coefficient (Wildman–Crippen LogP) is 1.70. The fraction of sp³-hybridized carbons (Fsp3) is 0.625.